The smallest absolute Gasteiger partial charge is 0.166 e. The Kier molecular flexibility index (Phi) is 2.26. The maximum atomic E-state index is 11.1. The normalized spacial score (nSPS) is 10.6. The van der Waals surface area contributed by atoms with Crippen LogP contribution in [0.2, 0.25) is 0 Å². The first-order valence-electron chi connectivity index (χ1n) is 5.51. The van der Waals surface area contributed by atoms with Gasteiger partial charge >= 0.3 is 0 Å². The van der Waals surface area contributed by atoms with E-state index in [0.29, 0.717) is 5.69 Å². The molecule has 0 radical (unpaired) electrons. The molecule has 17 heavy (non-hydrogen) atoms. The molecule has 0 amide bonds. The minimum Gasteiger partial charge on any atom is -0.352 e. The van der Waals surface area contributed by atoms with E-state index in [4.69, 9.17) is 0 Å². The van der Waals surface area contributed by atoms with Crippen LogP contribution in [0.3, 0.4) is 0 Å². The number of benzene rings is 2. The predicted molar refractivity (Wildman–Crippen MR) is 69.1 cm³/mol. The van der Waals surface area contributed by atoms with Crippen molar-refractivity contribution in [3.05, 3.63) is 60.3 Å². The van der Waals surface area contributed by atoms with Gasteiger partial charge in [0.05, 0.1) is 5.69 Å². The summed E-state index contributed by atoms with van der Waals surface area (Å²) in [5.41, 5.74) is 3.68. The van der Waals surface area contributed by atoms with Gasteiger partial charge in [0, 0.05) is 16.5 Å². The zero-order valence-electron chi connectivity index (χ0n) is 9.18. The number of nitrogens with one attached hydrogen (secondary N) is 1. The standard InChI is InChI=1S/C15H11NO/c17-10-14-15(11-6-2-1-3-7-11)12-8-4-5-9-13(12)16-14/h1-10,16H. The van der Waals surface area contributed by atoms with Gasteiger partial charge in [0.25, 0.3) is 0 Å². The van der Waals surface area contributed by atoms with Crippen molar-refractivity contribution in [2.24, 2.45) is 0 Å². The van der Waals surface area contributed by atoms with Crippen molar-refractivity contribution < 1.29 is 4.79 Å². The zero-order chi connectivity index (χ0) is 11.7. The molecule has 1 heterocycles. The number of para-hydroxylation sites is 1. The van der Waals surface area contributed by atoms with Gasteiger partial charge in [-0.05, 0) is 11.6 Å². The second kappa shape index (κ2) is 3.91. The fourth-order valence-corrected chi connectivity index (χ4v) is 2.17. The summed E-state index contributed by atoms with van der Waals surface area (Å²) in [6, 6.07) is 17.9. The second-order valence-corrected chi connectivity index (χ2v) is 3.94. The van der Waals surface area contributed by atoms with E-state index < -0.39 is 0 Å². The van der Waals surface area contributed by atoms with E-state index in [1.165, 1.54) is 0 Å². The lowest BCUT2D eigenvalue weighted by molar-refractivity contribution is 0.112. The number of carbonyl (C=O) groups excluding carboxylic acids is 1. The van der Waals surface area contributed by atoms with Crippen molar-refractivity contribution in [3.63, 3.8) is 0 Å². The Balaban J connectivity index is 2.38. The number of rotatable bonds is 2. The Morgan fingerprint density at radius 3 is 2.35 bits per heavy atom. The molecule has 3 aromatic rings. The van der Waals surface area contributed by atoms with Crippen LogP contribution in [-0.4, -0.2) is 11.3 Å². The number of aldehydes is 1. The summed E-state index contributed by atoms with van der Waals surface area (Å²) in [5.74, 6) is 0. The first-order chi connectivity index (χ1) is 8.40. The minimum absolute atomic E-state index is 0.636. The van der Waals surface area contributed by atoms with E-state index in [-0.39, 0.29) is 0 Å². The molecule has 0 aliphatic heterocycles. The SMILES string of the molecule is O=Cc1[nH]c2ccccc2c1-c1ccccc1. The van der Waals surface area contributed by atoms with Gasteiger partial charge in [-0.2, -0.15) is 0 Å². The molecule has 2 heteroatoms. The lowest BCUT2D eigenvalue weighted by atomic mass is 10.0. The fraction of sp³-hybridized carbons (Fsp3) is 0. The quantitative estimate of drug-likeness (QED) is 0.658. The number of hydrogen-bond donors (Lipinski definition) is 1. The van der Waals surface area contributed by atoms with E-state index in [2.05, 4.69) is 4.98 Å². The van der Waals surface area contributed by atoms with Crippen LogP contribution in [-0.2, 0) is 0 Å². The summed E-state index contributed by atoms with van der Waals surface area (Å²) < 4.78 is 0. The molecule has 2 aromatic carbocycles. The van der Waals surface area contributed by atoms with Crippen molar-refractivity contribution in [3.8, 4) is 11.1 Å². The molecule has 2 nitrogen and oxygen atoms in total. The van der Waals surface area contributed by atoms with Crippen LogP contribution in [0.25, 0.3) is 22.0 Å². The van der Waals surface area contributed by atoms with Crippen LogP contribution >= 0.6 is 0 Å². The number of aromatic nitrogens is 1. The molecule has 0 saturated carbocycles. The van der Waals surface area contributed by atoms with Crippen LogP contribution in [0.15, 0.2) is 54.6 Å². The predicted octanol–water partition coefficient (Wildman–Crippen LogP) is 3.65. The maximum Gasteiger partial charge on any atom is 0.166 e. The van der Waals surface area contributed by atoms with Crippen LogP contribution < -0.4 is 0 Å². The van der Waals surface area contributed by atoms with E-state index in [0.717, 1.165) is 28.3 Å². The zero-order valence-corrected chi connectivity index (χ0v) is 9.18. The van der Waals surface area contributed by atoms with Crippen LogP contribution in [0.5, 0.6) is 0 Å². The Morgan fingerprint density at radius 2 is 1.59 bits per heavy atom. The fourth-order valence-electron chi connectivity index (χ4n) is 2.17. The maximum absolute atomic E-state index is 11.1. The summed E-state index contributed by atoms with van der Waals surface area (Å²) in [7, 11) is 0. The van der Waals surface area contributed by atoms with E-state index in [1.807, 2.05) is 54.6 Å². The molecule has 0 spiro atoms. The number of hydrogen-bond acceptors (Lipinski definition) is 1. The van der Waals surface area contributed by atoms with Crippen LogP contribution in [0.4, 0.5) is 0 Å². The largest absolute Gasteiger partial charge is 0.352 e. The summed E-state index contributed by atoms with van der Waals surface area (Å²) in [4.78, 5) is 14.3. The molecule has 0 aliphatic carbocycles. The first-order valence-corrected chi connectivity index (χ1v) is 5.51. The third-order valence-corrected chi connectivity index (χ3v) is 2.92. The highest BCUT2D eigenvalue weighted by atomic mass is 16.1. The molecule has 0 fully saturated rings. The van der Waals surface area contributed by atoms with Crippen molar-refractivity contribution >= 4 is 17.2 Å². The topological polar surface area (TPSA) is 32.9 Å². The van der Waals surface area contributed by atoms with Crippen molar-refractivity contribution in [1.82, 2.24) is 4.98 Å². The number of fused-ring (bicyclic) bond motifs is 1. The second-order valence-electron chi connectivity index (χ2n) is 3.94. The number of carbonyl (C=O) groups is 1. The molecule has 0 aliphatic rings. The van der Waals surface area contributed by atoms with Crippen molar-refractivity contribution in [1.29, 1.82) is 0 Å². The van der Waals surface area contributed by atoms with Gasteiger partial charge in [0.15, 0.2) is 6.29 Å². The molecule has 0 unspecified atom stereocenters. The lowest BCUT2D eigenvalue weighted by Gasteiger charge is -2.00. The summed E-state index contributed by atoms with van der Waals surface area (Å²) in [6.45, 7) is 0. The molecular formula is C15H11NO. The highest BCUT2D eigenvalue weighted by Gasteiger charge is 2.11. The van der Waals surface area contributed by atoms with Gasteiger partial charge in [-0.15, -0.1) is 0 Å². The van der Waals surface area contributed by atoms with Gasteiger partial charge in [0.2, 0.25) is 0 Å². The average Bonchev–Trinajstić information content (AvgIpc) is 2.78. The molecule has 1 aromatic heterocycles. The van der Waals surface area contributed by atoms with E-state index in [1.54, 1.807) is 0 Å². The minimum atomic E-state index is 0.636. The number of aromatic amines is 1. The molecule has 82 valence electrons. The summed E-state index contributed by atoms with van der Waals surface area (Å²) in [5, 5.41) is 1.08. The third-order valence-electron chi connectivity index (χ3n) is 2.92. The monoisotopic (exact) mass is 221 g/mol. The van der Waals surface area contributed by atoms with Gasteiger partial charge in [0.1, 0.15) is 0 Å². The van der Waals surface area contributed by atoms with Crippen molar-refractivity contribution in [2.45, 2.75) is 0 Å². The molecule has 3 rings (SSSR count). The summed E-state index contributed by atoms with van der Waals surface area (Å²) in [6.07, 6.45) is 0.877. The Labute approximate surface area is 98.9 Å². The first kappa shape index (κ1) is 9.85. The molecule has 0 atom stereocenters. The Hall–Kier alpha value is -2.35. The van der Waals surface area contributed by atoms with Gasteiger partial charge in [-0.1, -0.05) is 48.5 Å². The summed E-state index contributed by atoms with van der Waals surface area (Å²) >= 11 is 0. The highest BCUT2D eigenvalue weighted by molar-refractivity contribution is 6.04. The Bertz CT molecular complexity index is 668. The molecule has 0 bridgehead atoms. The highest BCUT2D eigenvalue weighted by Crippen LogP contribution is 2.31. The van der Waals surface area contributed by atoms with Crippen molar-refractivity contribution in [2.75, 3.05) is 0 Å². The number of H-pyrrole nitrogens is 1. The van der Waals surface area contributed by atoms with Gasteiger partial charge in [-0.3, -0.25) is 4.79 Å². The molecular weight excluding hydrogens is 210 g/mol. The molecule has 1 N–H and O–H groups in total. The molecule has 0 saturated heterocycles. The van der Waals surface area contributed by atoms with Crippen LogP contribution in [0.1, 0.15) is 10.5 Å². The van der Waals surface area contributed by atoms with Gasteiger partial charge < -0.3 is 4.98 Å². The third kappa shape index (κ3) is 1.54. The Morgan fingerprint density at radius 1 is 0.882 bits per heavy atom. The lowest BCUT2D eigenvalue weighted by Crippen LogP contribution is -1.83. The van der Waals surface area contributed by atoms with Crippen LogP contribution in [0, 0.1) is 0 Å². The average molecular weight is 221 g/mol. The van der Waals surface area contributed by atoms with E-state index in [9.17, 15) is 4.79 Å². The van der Waals surface area contributed by atoms with E-state index >= 15 is 0 Å². The van der Waals surface area contributed by atoms with Gasteiger partial charge in [-0.25, -0.2) is 0 Å².